The van der Waals surface area contributed by atoms with Crippen LogP contribution in [0.3, 0.4) is 0 Å². The fourth-order valence-corrected chi connectivity index (χ4v) is 3.14. The fourth-order valence-electron chi connectivity index (χ4n) is 2.75. The van der Waals surface area contributed by atoms with Crippen LogP contribution in [0.25, 0.3) is 22.8 Å². The maximum Gasteiger partial charge on any atom is 0.256 e. The minimum Gasteiger partial charge on any atom is -0.436 e. The molecule has 4 nitrogen and oxygen atoms in total. The second kappa shape index (κ2) is 8.00. The van der Waals surface area contributed by atoms with E-state index in [1.807, 2.05) is 36.4 Å². The van der Waals surface area contributed by atoms with E-state index in [0.717, 1.165) is 10.0 Å². The van der Waals surface area contributed by atoms with Crippen LogP contribution in [0.4, 0.5) is 5.69 Å². The lowest BCUT2D eigenvalue weighted by Crippen LogP contribution is -2.13. The van der Waals surface area contributed by atoms with E-state index < -0.39 is 0 Å². The fraction of sp³-hybridized carbons (Fsp3) is 0. The van der Waals surface area contributed by atoms with Crippen LogP contribution in [0, 0.1) is 0 Å². The van der Waals surface area contributed by atoms with Crippen molar-refractivity contribution in [2.24, 2.45) is 0 Å². The van der Waals surface area contributed by atoms with E-state index in [9.17, 15) is 4.79 Å². The van der Waals surface area contributed by atoms with E-state index in [-0.39, 0.29) is 5.91 Å². The first-order valence-corrected chi connectivity index (χ1v) is 9.65. The van der Waals surface area contributed by atoms with Gasteiger partial charge in [-0.05, 0) is 48.5 Å². The molecular formula is C22H14BrClN2O2. The number of anilines is 1. The zero-order chi connectivity index (χ0) is 19.5. The zero-order valence-electron chi connectivity index (χ0n) is 14.5. The summed E-state index contributed by atoms with van der Waals surface area (Å²) in [7, 11) is 0. The molecule has 0 aliphatic carbocycles. The van der Waals surface area contributed by atoms with Crippen LogP contribution in [0.15, 0.2) is 87.9 Å². The van der Waals surface area contributed by atoms with Gasteiger partial charge in [-0.3, -0.25) is 4.79 Å². The highest BCUT2D eigenvalue weighted by atomic mass is 79.9. The largest absolute Gasteiger partial charge is 0.436 e. The molecule has 0 bridgehead atoms. The molecule has 0 saturated carbocycles. The second-order valence-corrected chi connectivity index (χ2v) is 7.40. The summed E-state index contributed by atoms with van der Waals surface area (Å²) in [5, 5.41) is 3.48. The van der Waals surface area contributed by atoms with E-state index in [4.69, 9.17) is 16.0 Å². The Morgan fingerprint density at radius 2 is 1.68 bits per heavy atom. The lowest BCUT2D eigenvalue weighted by molar-refractivity contribution is 0.102. The zero-order valence-corrected chi connectivity index (χ0v) is 16.9. The molecule has 4 aromatic rings. The summed E-state index contributed by atoms with van der Waals surface area (Å²) in [6, 6.07) is 21.9. The van der Waals surface area contributed by atoms with Gasteiger partial charge in [0.15, 0.2) is 5.76 Å². The molecule has 1 aromatic heterocycles. The number of rotatable bonds is 4. The monoisotopic (exact) mass is 452 g/mol. The van der Waals surface area contributed by atoms with Gasteiger partial charge in [-0.2, -0.15) is 0 Å². The average molecular weight is 454 g/mol. The molecule has 0 unspecified atom stereocenters. The van der Waals surface area contributed by atoms with E-state index in [1.54, 1.807) is 42.6 Å². The van der Waals surface area contributed by atoms with Gasteiger partial charge in [0.2, 0.25) is 5.89 Å². The molecule has 1 amide bonds. The molecule has 0 aliphatic rings. The summed E-state index contributed by atoms with van der Waals surface area (Å²) in [5.41, 5.74) is 2.66. The van der Waals surface area contributed by atoms with Crippen molar-refractivity contribution in [2.45, 2.75) is 0 Å². The Bertz CT molecular complexity index is 1120. The Morgan fingerprint density at radius 3 is 2.43 bits per heavy atom. The maximum absolute atomic E-state index is 12.8. The van der Waals surface area contributed by atoms with E-state index in [2.05, 4.69) is 26.2 Å². The molecule has 1 heterocycles. The molecule has 0 atom stereocenters. The predicted octanol–water partition coefficient (Wildman–Crippen LogP) is 6.68. The Labute approximate surface area is 175 Å². The molecule has 28 heavy (non-hydrogen) atoms. The van der Waals surface area contributed by atoms with Gasteiger partial charge in [0.25, 0.3) is 5.91 Å². The SMILES string of the molecule is O=C(Nc1ccc(Cl)cc1)c1ccccc1-c1ncc(-c2ccc(Br)cc2)o1. The highest BCUT2D eigenvalue weighted by Gasteiger charge is 2.17. The van der Waals surface area contributed by atoms with Gasteiger partial charge in [-0.1, -0.05) is 51.8 Å². The summed E-state index contributed by atoms with van der Waals surface area (Å²) in [4.78, 5) is 17.2. The maximum atomic E-state index is 12.8. The Kier molecular flexibility index (Phi) is 5.28. The number of aromatic nitrogens is 1. The van der Waals surface area contributed by atoms with Crippen molar-refractivity contribution >= 4 is 39.1 Å². The predicted molar refractivity (Wildman–Crippen MR) is 114 cm³/mol. The summed E-state index contributed by atoms with van der Waals surface area (Å²) >= 11 is 9.31. The van der Waals surface area contributed by atoms with Crippen molar-refractivity contribution in [3.05, 3.63) is 94.1 Å². The van der Waals surface area contributed by atoms with Gasteiger partial charge in [0, 0.05) is 26.3 Å². The molecule has 6 heteroatoms. The first-order chi connectivity index (χ1) is 13.6. The number of halogens is 2. The Morgan fingerprint density at radius 1 is 0.964 bits per heavy atom. The average Bonchev–Trinajstić information content (AvgIpc) is 3.20. The molecule has 4 rings (SSSR count). The Hall–Kier alpha value is -2.89. The van der Waals surface area contributed by atoms with Crippen molar-refractivity contribution in [1.82, 2.24) is 4.98 Å². The second-order valence-electron chi connectivity index (χ2n) is 6.04. The van der Waals surface area contributed by atoms with Gasteiger partial charge >= 0.3 is 0 Å². The van der Waals surface area contributed by atoms with Crippen LogP contribution < -0.4 is 5.32 Å². The first-order valence-electron chi connectivity index (χ1n) is 8.48. The minimum atomic E-state index is -0.249. The van der Waals surface area contributed by atoms with Gasteiger partial charge in [-0.15, -0.1) is 0 Å². The van der Waals surface area contributed by atoms with Crippen LogP contribution in [0.2, 0.25) is 5.02 Å². The van der Waals surface area contributed by atoms with Crippen LogP contribution in [-0.4, -0.2) is 10.9 Å². The summed E-state index contributed by atoms with van der Waals surface area (Å²) in [6.07, 6.45) is 1.66. The highest BCUT2D eigenvalue weighted by Crippen LogP contribution is 2.29. The third-order valence-electron chi connectivity index (χ3n) is 4.14. The van der Waals surface area contributed by atoms with Crippen molar-refractivity contribution < 1.29 is 9.21 Å². The van der Waals surface area contributed by atoms with E-state index in [0.29, 0.717) is 33.5 Å². The first kappa shape index (κ1) is 18.5. The van der Waals surface area contributed by atoms with Crippen molar-refractivity contribution in [3.8, 4) is 22.8 Å². The number of hydrogen-bond donors (Lipinski definition) is 1. The third kappa shape index (κ3) is 4.01. The van der Waals surface area contributed by atoms with E-state index >= 15 is 0 Å². The molecule has 138 valence electrons. The number of carbonyl (C=O) groups is 1. The third-order valence-corrected chi connectivity index (χ3v) is 4.92. The molecule has 0 fully saturated rings. The number of hydrogen-bond acceptors (Lipinski definition) is 3. The molecule has 0 saturated heterocycles. The van der Waals surface area contributed by atoms with Gasteiger partial charge in [0.1, 0.15) is 0 Å². The number of nitrogens with one attached hydrogen (secondary N) is 1. The summed E-state index contributed by atoms with van der Waals surface area (Å²) in [5.74, 6) is 0.775. The molecule has 1 N–H and O–H groups in total. The van der Waals surface area contributed by atoms with Crippen LogP contribution in [0.1, 0.15) is 10.4 Å². The molecule has 3 aromatic carbocycles. The standard InChI is InChI=1S/C22H14BrClN2O2/c23-15-7-5-14(6-8-15)20-13-25-22(28-20)19-4-2-1-3-18(19)21(27)26-17-11-9-16(24)10-12-17/h1-13H,(H,26,27). The quantitative estimate of drug-likeness (QED) is 0.375. The number of carbonyl (C=O) groups excluding carboxylic acids is 1. The van der Waals surface area contributed by atoms with Crippen molar-refractivity contribution in [1.29, 1.82) is 0 Å². The van der Waals surface area contributed by atoms with Crippen molar-refractivity contribution in [2.75, 3.05) is 5.32 Å². The van der Waals surface area contributed by atoms with Gasteiger partial charge in [-0.25, -0.2) is 4.98 Å². The molecule has 0 aliphatic heterocycles. The minimum absolute atomic E-state index is 0.249. The Balaban J connectivity index is 1.63. The number of nitrogens with zero attached hydrogens (tertiary/aromatic N) is 1. The summed E-state index contributed by atoms with van der Waals surface area (Å²) < 4.78 is 6.91. The van der Waals surface area contributed by atoms with Crippen LogP contribution in [-0.2, 0) is 0 Å². The smallest absolute Gasteiger partial charge is 0.256 e. The van der Waals surface area contributed by atoms with Crippen LogP contribution in [0.5, 0.6) is 0 Å². The lowest BCUT2D eigenvalue weighted by atomic mass is 10.1. The number of benzene rings is 3. The topological polar surface area (TPSA) is 55.1 Å². The lowest BCUT2D eigenvalue weighted by Gasteiger charge is -2.08. The van der Waals surface area contributed by atoms with E-state index in [1.165, 1.54) is 0 Å². The van der Waals surface area contributed by atoms with Crippen molar-refractivity contribution in [3.63, 3.8) is 0 Å². The van der Waals surface area contributed by atoms with Crippen LogP contribution >= 0.6 is 27.5 Å². The molecule has 0 radical (unpaired) electrons. The van der Waals surface area contributed by atoms with Gasteiger partial charge < -0.3 is 9.73 Å². The highest BCUT2D eigenvalue weighted by molar-refractivity contribution is 9.10. The summed E-state index contributed by atoms with van der Waals surface area (Å²) in [6.45, 7) is 0. The normalized spacial score (nSPS) is 10.6. The number of amides is 1. The van der Waals surface area contributed by atoms with Gasteiger partial charge in [0.05, 0.1) is 11.8 Å². The molecule has 0 spiro atoms. The molecular weight excluding hydrogens is 440 g/mol. The number of oxazole rings is 1.